The Bertz CT molecular complexity index is 3770. The van der Waals surface area contributed by atoms with Gasteiger partial charge in [-0.15, -0.1) is 0 Å². The molecule has 1 saturated carbocycles. The number of aromatic amines is 3. The zero-order valence-electron chi connectivity index (χ0n) is 41.4. The summed E-state index contributed by atoms with van der Waals surface area (Å²) < 4.78 is 195. The van der Waals surface area contributed by atoms with Crippen molar-refractivity contribution in [2.75, 3.05) is 0 Å². The summed E-state index contributed by atoms with van der Waals surface area (Å²) in [5.41, 5.74) is -0.445. The molecule has 1 fully saturated rings. The van der Waals surface area contributed by atoms with Crippen molar-refractivity contribution in [2.45, 2.75) is 29.4 Å². The Morgan fingerprint density at radius 3 is 0.790 bits per heavy atom. The average molecular weight is 1370 g/mol. The SMILES string of the molecule is O=S(=O)(O)c1cccc(P(c2cccc(S(=O)(=O)O)c2)c2cccc(S(=O)(=O)O)c2)c1.O=S(=O)(O)c1cccc(P(c2cccc(S(=O)(=O)O)c2)c2cccc(S(=O)(=O)O)c2)c1.O=c1[nH]c(=O)c2[nH]cnc2[nH]1.[CH]1[CH][CH][CH][CH]1.[Na+].[Na+].[Ru+]. The minimum atomic E-state index is -4.55. The molecule has 35 heteroatoms. The Kier molecular flexibility index (Phi) is 26.5. The Hall–Kier alpha value is -3.59. The van der Waals surface area contributed by atoms with Gasteiger partial charge in [0.1, 0.15) is 5.52 Å². The molecule has 0 aliphatic heterocycles. The summed E-state index contributed by atoms with van der Waals surface area (Å²) in [6.07, 6.45) is 11.3. The largest absolute Gasteiger partial charge is 1.00 e. The van der Waals surface area contributed by atoms with Crippen molar-refractivity contribution < 1.29 is 156 Å². The number of nitrogens with one attached hydrogen (secondary N) is 3. The van der Waals surface area contributed by atoms with Gasteiger partial charge >= 0.3 is 84.3 Å². The molecule has 9 N–H and O–H groups in total. The average Bonchev–Trinajstić information content (AvgIpc) is 4.11. The summed E-state index contributed by atoms with van der Waals surface area (Å²) in [5.74, 6) is 0. The first-order valence-electron chi connectivity index (χ1n) is 21.2. The number of H-pyrrole nitrogens is 3. The standard InChI is InChI=1S/2C18H15O9PS3.C5H4N4O2.C5H5.2Na.Ru/c2*19-29(20,21)16-7-1-4-13(10-16)28(14-5-2-8-17(11-14)30(22,23)24)15-6-3-9-18(12-15)31(25,26)27;10-4-2-3(7-1-6-2)8-5(11)9-4;1-2-4-5-3-1;;;/h2*1-12H,(H,19,20,21)(H,22,23,24)(H,25,26,27);1H,(H3,6,7,8,9,10,11);1-5H;;;/q;;;;3*+1. The quantitative estimate of drug-likeness (QED) is 0.0323. The second kappa shape index (κ2) is 30.0. The molecule has 0 saturated heterocycles. The molecule has 1 aliphatic rings. The third-order valence-electron chi connectivity index (χ3n) is 10.1. The first-order valence-corrected chi connectivity index (χ1v) is 32.5. The van der Waals surface area contributed by atoms with Crippen LogP contribution < -0.4 is 102 Å². The molecule has 0 atom stereocenters. The van der Waals surface area contributed by atoms with Crippen LogP contribution in [-0.4, -0.2) is 97.8 Å². The number of imidazole rings is 1. The van der Waals surface area contributed by atoms with Gasteiger partial charge in [-0.2, -0.15) is 50.5 Å². The van der Waals surface area contributed by atoms with Gasteiger partial charge < -0.3 is 4.98 Å². The van der Waals surface area contributed by atoms with E-state index in [0.29, 0.717) is 31.8 Å². The number of nitrogens with zero attached hydrogens (tertiary/aromatic N) is 1. The maximum Gasteiger partial charge on any atom is 1.00 e. The summed E-state index contributed by atoms with van der Waals surface area (Å²) in [5, 5.41) is 2.03. The number of hydrogen-bond acceptors (Lipinski definition) is 15. The molecular formula is C46H39N4Na2O20P2RuS6+3. The van der Waals surface area contributed by atoms with Crippen LogP contribution in [-0.2, 0) is 80.2 Å². The van der Waals surface area contributed by atoms with Crippen LogP contribution in [0.5, 0.6) is 0 Å². The van der Waals surface area contributed by atoms with E-state index >= 15 is 0 Å². The van der Waals surface area contributed by atoms with E-state index in [0.717, 1.165) is 36.4 Å². The Labute approximate surface area is 524 Å². The van der Waals surface area contributed by atoms with Crippen LogP contribution >= 0.6 is 15.8 Å². The van der Waals surface area contributed by atoms with Crippen LogP contribution in [0.25, 0.3) is 11.2 Å². The van der Waals surface area contributed by atoms with Crippen molar-refractivity contribution in [3.63, 3.8) is 0 Å². The number of rotatable bonds is 12. The minimum Gasteiger partial charge on any atom is -0.339 e. The number of hydrogen-bond donors (Lipinski definition) is 9. The van der Waals surface area contributed by atoms with Crippen molar-refractivity contribution in [3.8, 4) is 0 Å². The molecule has 0 bridgehead atoms. The van der Waals surface area contributed by atoms with Gasteiger partial charge in [-0.25, -0.2) is 9.78 Å². The van der Waals surface area contributed by atoms with Gasteiger partial charge in [0.15, 0.2) is 5.65 Å². The Morgan fingerprint density at radius 1 is 0.358 bits per heavy atom. The van der Waals surface area contributed by atoms with E-state index in [1.807, 2.05) is 32.1 Å². The first-order chi connectivity index (χ1) is 36.3. The summed E-state index contributed by atoms with van der Waals surface area (Å²) >= 11 is 0. The summed E-state index contributed by atoms with van der Waals surface area (Å²) in [7, 11) is -30.8. The van der Waals surface area contributed by atoms with E-state index in [2.05, 4.69) is 19.9 Å². The molecule has 1 aliphatic carbocycles. The van der Waals surface area contributed by atoms with Gasteiger partial charge in [-0.3, -0.25) is 42.1 Å². The molecule has 24 nitrogen and oxygen atoms in total. The summed E-state index contributed by atoms with van der Waals surface area (Å²) in [6, 6.07) is 31.4. The molecule has 6 radical (unpaired) electrons. The van der Waals surface area contributed by atoms with Gasteiger partial charge in [-0.1, -0.05) is 72.8 Å². The number of fused-ring (bicyclic) bond motifs is 1. The molecule has 6 aromatic carbocycles. The zero-order valence-corrected chi connectivity index (χ0v) is 53.8. The predicted molar refractivity (Wildman–Crippen MR) is 288 cm³/mol. The van der Waals surface area contributed by atoms with E-state index in [1.165, 1.54) is 116 Å². The van der Waals surface area contributed by atoms with E-state index in [1.54, 1.807) is 0 Å². The predicted octanol–water partition coefficient (Wildman–Crippen LogP) is -3.66. The maximum atomic E-state index is 11.6. The van der Waals surface area contributed by atoms with Crippen molar-refractivity contribution in [1.29, 1.82) is 0 Å². The normalized spacial score (nSPS) is 12.7. The monoisotopic (exact) mass is 1370 g/mol. The fraction of sp³-hybridized carbons (Fsp3) is 0. The molecule has 9 rings (SSSR count). The van der Waals surface area contributed by atoms with Crippen molar-refractivity contribution >= 4 is 120 Å². The van der Waals surface area contributed by atoms with Gasteiger partial charge in [0.2, 0.25) is 0 Å². The number of benzene rings is 6. The second-order valence-corrected chi connectivity index (χ2v) is 28.5. The second-order valence-electron chi connectivity index (χ2n) is 15.5. The molecule has 416 valence electrons. The van der Waals surface area contributed by atoms with Gasteiger partial charge in [0.05, 0.1) is 35.7 Å². The molecular weight excluding hydrogens is 1330 g/mol. The van der Waals surface area contributed by atoms with Gasteiger partial charge in [-0.05, 0) is 153 Å². The number of aromatic nitrogens is 4. The molecule has 2 heterocycles. The topological polar surface area (TPSA) is 421 Å². The van der Waals surface area contributed by atoms with Crippen molar-refractivity contribution in [3.05, 3.63) is 205 Å². The smallest absolute Gasteiger partial charge is 0.339 e. The zero-order chi connectivity index (χ0) is 57.4. The Morgan fingerprint density at radius 2 is 0.580 bits per heavy atom. The van der Waals surface area contributed by atoms with Crippen LogP contribution in [0.2, 0.25) is 0 Å². The fourth-order valence-corrected chi connectivity index (χ4v) is 15.3. The molecule has 0 spiro atoms. The maximum absolute atomic E-state index is 11.6. The minimum absolute atomic E-state index is 0. The Balaban J connectivity index is 0.000000323. The third-order valence-corrected chi connectivity index (χ3v) is 20.0. The van der Waals surface area contributed by atoms with E-state index in [-0.39, 0.29) is 89.8 Å². The molecule has 81 heavy (non-hydrogen) atoms. The van der Waals surface area contributed by atoms with E-state index < -0.39 is 117 Å². The van der Waals surface area contributed by atoms with E-state index in [4.69, 9.17) is 0 Å². The van der Waals surface area contributed by atoms with Gasteiger partial charge in [0, 0.05) is 0 Å². The fourth-order valence-electron chi connectivity index (χ4n) is 6.78. The molecule has 0 amide bonds. The van der Waals surface area contributed by atoms with Crippen LogP contribution in [0.1, 0.15) is 0 Å². The van der Waals surface area contributed by atoms with Crippen molar-refractivity contribution in [1.82, 2.24) is 19.9 Å². The van der Waals surface area contributed by atoms with Gasteiger partial charge in [0.25, 0.3) is 66.3 Å². The van der Waals surface area contributed by atoms with Crippen LogP contribution in [0.4, 0.5) is 0 Å². The van der Waals surface area contributed by atoms with Crippen molar-refractivity contribution in [2.24, 2.45) is 0 Å². The van der Waals surface area contributed by atoms with Crippen LogP contribution in [0.3, 0.4) is 0 Å². The summed E-state index contributed by atoms with van der Waals surface area (Å²) in [4.78, 5) is 29.8. The van der Waals surface area contributed by atoms with Crippen LogP contribution in [0, 0.1) is 32.1 Å². The van der Waals surface area contributed by atoms with E-state index in [9.17, 15) is 87.4 Å². The van der Waals surface area contributed by atoms with Crippen LogP contribution in [0.15, 0.2) is 191 Å². The summed E-state index contributed by atoms with van der Waals surface area (Å²) in [6.45, 7) is 0. The molecule has 2 aromatic heterocycles. The first kappa shape index (κ1) is 71.7. The molecule has 8 aromatic rings. The third kappa shape index (κ3) is 20.6. The molecule has 0 unspecified atom stereocenters.